The van der Waals surface area contributed by atoms with Crippen LogP contribution in [-0.4, -0.2) is 9.97 Å². The molecule has 2 bridgehead atoms. The van der Waals surface area contributed by atoms with E-state index in [1.54, 1.807) is 18.6 Å². The van der Waals surface area contributed by atoms with E-state index >= 15 is 0 Å². The fourth-order valence-corrected chi connectivity index (χ4v) is 4.18. The first kappa shape index (κ1) is 6.11. The van der Waals surface area contributed by atoms with Gasteiger partial charge in [0.05, 0.1) is 16.8 Å². The van der Waals surface area contributed by atoms with Gasteiger partial charge in [-0.05, 0) is 0 Å². The van der Waals surface area contributed by atoms with E-state index in [0.29, 0.717) is 17.0 Å². The summed E-state index contributed by atoms with van der Waals surface area (Å²) in [6.07, 6.45) is 4.82. The number of nitrogens with zero attached hydrogens (tertiary/aromatic N) is 2. The van der Waals surface area contributed by atoms with Crippen LogP contribution >= 0.6 is 7.14 Å². The largest absolute Gasteiger partial charge is 0.449 e. The van der Waals surface area contributed by atoms with Crippen molar-refractivity contribution < 1.29 is 8.98 Å². The Balaban J connectivity index is 2.00. The van der Waals surface area contributed by atoms with Crippen LogP contribution in [-0.2, 0) is 4.57 Å². The van der Waals surface area contributed by atoms with Crippen LogP contribution in [0.5, 0.6) is 0 Å². The molecule has 62 valence electrons. The summed E-state index contributed by atoms with van der Waals surface area (Å²) < 4.78 is 17.0. The molecule has 3 aliphatic rings. The number of hydrogen-bond acceptors (Lipinski definition) is 4. The van der Waals surface area contributed by atoms with E-state index in [9.17, 15) is 4.57 Å². The van der Waals surface area contributed by atoms with Crippen molar-refractivity contribution in [3.8, 4) is 11.5 Å². The Morgan fingerprint density at radius 1 is 1.31 bits per heavy atom. The van der Waals surface area contributed by atoms with E-state index in [-0.39, 0.29) is 0 Å². The Morgan fingerprint density at radius 3 is 2.69 bits per heavy atom. The van der Waals surface area contributed by atoms with Crippen LogP contribution in [0.1, 0.15) is 0 Å². The van der Waals surface area contributed by atoms with E-state index < -0.39 is 7.14 Å². The van der Waals surface area contributed by atoms with Gasteiger partial charge in [0, 0.05) is 12.4 Å². The van der Waals surface area contributed by atoms with Crippen molar-refractivity contribution in [1.29, 1.82) is 0 Å². The summed E-state index contributed by atoms with van der Waals surface area (Å²) in [6.45, 7) is 0. The summed E-state index contributed by atoms with van der Waals surface area (Å²) in [5, 5.41) is 1.87. The summed E-state index contributed by atoms with van der Waals surface area (Å²) in [6, 6.07) is 0. The Labute approximate surface area is 73.0 Å². The number of aromatic nitrogens is 2. The smallest absolute Gasteiger partial charge is 0.214 e. The first-order valence-electron chi connectivity index (χ1n) is 3.88. The summed E-state index contributed by atoms with van der Waals surface area (Å²) in [5.41, 5.74) is 1.39. The normalized spacial score (nSPS) is 25.5. The maximum Gasteiger partial charge on any atom is 0.214 e. The van der Waals surface area contributed by atoms with Gasteiger partial charge in [-0.15, -0.1) is 0 Å². The predicted octanol–water partition coefficient (Wildman–Crippen LogP) is 0.00280. The number of furan rings is 1. The molecule has 0 saturated heterocycles. The van der Waals surface area contributed by atoms with Gasteiger partial charge in [-0.3, -0.25) is 4.98 Å². The summed E-state index contributed by atoms with van der Waals surface area (Å²) in [4.78, 5) is 8.02. The molecule has 0 aromatic carbocycles. The van der Waals surface area contributed by atoms with Crippen molar-refractivity contribution in [3.63, 3.8) is 0 Å². The summed E-state index contributed by atoms with van der Waals surface area (Å²) in [7, 11) is -2.09. The molecular weight excluding hydrogens is 187 g/mol. The third-order valence-electron chi connectivity index (χ3n) is 2.45. The minimum atomic E-state index is -2.09. The molecule has 0 radical (unpaired) electrons. The zero-order valence-corrected chi connectivity index (χ0v) is 7.28. The summed E-state index contributed by atoms with van der Waals surface area (Å²) >= 11 is 0. The molecule has 1 atom stereocenters. The molecule has 5 rings (SSSR count). The third-order valence-corrected chi connectivity index (χ3v) is 5.00. The molecule has 5 heteroatoms. The molecule has 0 N–H and O–H groups in total. The Kier molecular flexibility index (Phi) is 0.699. The lowest BCUT2D eigenvalue weighted by atomic mass is 10.3. The van der Waals surface area contributed by atoms with Gasteiger partial charge < -0.3 is 8.98 Å². The number of fused-ring (bicyclic) bond motifs is 1. The van der Waals surface area contributed by atoms with Crippen LogP contribution in [0, 0.1) is 0 Å². The molecule has 0 amide bonds. The van der Waals surface area contributed by atoms with Gasteiger partial charge in [-0.1, -0.05) is 0 Å². The highest BCUT2D eigenvalue weighted by Crippen LogP contribution is 2.70. The zero-order valence-electron chi connectivity index (χ0n) is 6.39. The lowest BCUT2D eigenvalue weighted by molar-refractivity contribution is 0.590. The van der Waals surface area contributed by atoms with Crippen LogP contribution in [0.25, 0.3) is 11.5 Å². The number of hydrogen-bond donors (Lipinski definition) is 0. The van der Waals surface area contributed by atoms with E-state index in [1.165, 1.54) is 0 Å². The van der Waals surface area contributed by atoms with Crippen LogP contribution < -0.4 is 16.1 Å². The second-order valence-corrected chi connectivity index (χ2v) is 5.65. The van der Waals surface area contributed by atoms with Crippen LogP contribution in [0.2, 0.25) is 0 Å². The fourth-order valence-electron chi connectivity index (χ4n) is 1.69. The van der Waals surface area contributed by atoms with Gasteiger partial charge >= 0.3 is 0 Å². The third kappa shape index (κ3) is 0.474. The Morgan fingerprint density at radius 2 is 2.15 bits per heavy atom. The van der Waals surface area contributed by atoms with Crippen molar-refractivity contribution in [2.24, 2.45) is 0 Å². The summed E-state index contributed by atoms with van der Waals surface area (Å²) in [5.74, 6) is 0.668. The first-order chi connectivity index (χ1) is 6.33. The van der Waals surface area contributed by atoms with Gasteiger partial charge in [0.1, 0.15) is 5.69 Å². The van der Waals surface area contributed by atoms with Crippen molar-refractivity contribution in [2.75, 3.05) is 0 Å². The minimum Gasteiger partial charge on any atom is -0.449 e. The lowest BCUT2D eigenvalue weighted by Gasteiger charge is -1.90. The second-order valence-electron chi connectivity index (χ2n) is 3.13. The van der Waals surface area contributed by atoms with Crippen LogP contribution in [0.15, 0.2) is 23.0 Å². The second kappa shape index (κ2) is 1.49. The molecule has 0 spiro atoms. The molecule has 2 aromatic rings. The van der Waals surface area contributed by atoms with Crippen molar-refractivity contribution in [1.82, 2.24) is 9.97 Å². The maximum atomic E-state index is 11.6. The molecule has 2 aromatic heterocycles. The minimum absolute atomic E-state index is 0.668. The highest BCUT2D eigenvalue weighted by Gasteiger charge is 2.74. The monoisotopic (exact) mass is 190 g/mol. The molecule has 0 aliphatic carbocycles. The van der Waals surface area contributed by atoms with Gasteiger partial charge in [0.15, 0.2) is 11.3 Å². The van der Waals surface area contributed by atoms with E-state index in [0.717, 1.165) is 10.6 Å². The van der Waals surface area contributed by atoms with Gasteiger partial charge in [0.25, 0.3) is 0 Å². The molecule has 5 heterocycles. The molecule has 4 nitrogen and oxygen atoms in total. The van der Waals surface area contributed by atoms with Crippen molar-refractivity contribution in [2.45, 2.75) is 0 Å². The fraction of sp³-hybridized carbons (Fsp3) is 0. The predicted molar refractivity (Wildman–Crippen MR) is 46.2 cm³/mol. The number of rotatable bonds is 1. The molecule has 3 aliphatic heterocycles. The van der Waals surface area contributed by atoms with Crippen molar-refractivity contribution >= 4 is 23.3 Å². The van der Waals surface area contributed by atoms with Crippen molar-refractivity contribution in [3.05, 3.63) is 18.6 Å². The lowest BCUT2D eigenvalue weighted by Crippen LogP contribution is -1.96. The average molecular weight is 190 g/mol. The zero-order chi connectivity index (χ0) is 8.63. The molecule has 13 heavy (non-hydrogen) atoms. The highest BCUT2D eigenvalue weighted by molar-refractivity contribution is 8.06. The van der Waals surface area contributed by atoms with Gasteiger partial charge in [-0.25, -0.2) is 4.98 Å². The van der Waals surface area contributed by atoms with E-state index in [4.69, 9.17) is 4.42 Å². The first-order valence-corrected chi connectivity index (χ1v) is 5.59. The molecule has 0 saturated carbocycles. The van der Waals surface area contributed by atoms with Crippen LogP contribution in [0.3, 0.4) is 0 Å². The Bertz CT molecular complexity index is 579. The maximum absolute atomic E-state index is 11.6. The SMILES string of the molecule is O=P12c3oc(-c4cnccn4)c1c32. The molecular formula is C8H3N2O2P. The molecule has 0 fully saturated rings. The quantitative estimate of drug-likeness (QED) is 0.396. The molecule has 1 unspecified atom stereocenters. The van der Waals surface area contributed by atoms with Gasteiger partial charge in [-0.2, -0.15) is 0 Å². The highest BCUT2D eigenvalue weighted by atomic mass is 31.2. The van der Waals surface area contributed by atoms with E-state index in [1.807, 2.05) is 0 Å². The topological polar surface area (TPSA) is 56.0 Å². The van der Waals surface area contributed by atoms with E-state index in [2.05, 4.69) is 9.97 Å². The van der Waals surface area contributed by atoms with Crippen LogP contribution in [0.4, 0.5) is 0 Å². The standard InChI is InChI=1S/C8H3N2O2P/c11-13-6-5(12-8(13)7(6)13)4-3-9-1-2-10-4/h1-3H. The Hall–Kier alpha value is -1.41. The van der Waals surface area contributed by atoms with Gasteiger partial charge in [0.2, 0.25) is 7.14 Å². The average Bonchev–Trinajstić information content (AvgIpc) is 2.82.